The first-order valence-electron chi connectivity index (χ1n) is 7.46. The second kappa shape index (κ2) is 8.42. The van der Waals surface area contributed by atoms with Gasteiger partial charge in [-0.1, -0.05) is 44.5 Å². The number of sulfone groups is 1. The molecule has 1 aromatic rings. The first-order valence-corrected chi connectivity index (χ1v) is 9.29. The number of benzene rings is 1. The van der Waals surface area contributed by atoms with Crippen LogP contribution in [0.4, 0.5) is 0 Å². The van der Waals surface area contributed by atoms with E-state index in [0.717, 1.165) is 36.9 Å². The van der Waals surface area contributed by atoms with Crippen LogP contribution >= 0.6 is 0 Å². The number of hydrogen-bond donors (Lipinski definition) is 1. The highest BCUT2D eigenvalue weighted by molar-refractivity contribution is 7.90. The van der Waals surface area contributed by atoms with Crippen molar-refractivity contribution in [3.05, 3.63) is 35.4 Å². The van der Waals surface area contributed by atoms with Gasteiger partial charge in [0.05, 0.1) is 11.5 Å². The highest BCUT2D eigenvalue weighted by atomic mass is 32.2. The fourth-order valence-electron chi connectivity index (χ4n) is 2.32. The molecule has 0 radical (unpaired) electrons. The quantitative estimate of drug-likeness (QED) is 0.762. The molecule has 20 heavy (non-hydrogen) atoms. The van der Waals surface area contributed by atoms with Gasteiger partial charge < -0.3 is 5.32 Å². The normalized spacial score (nSPS) is 13.3. The van der Waals surface area contributed by atoms with Crippen molar-refractivity contribution in [2.75, 3.05) is 12.3 Å². The molecular weight excluding hydrogens is 270 g/mol. The topological polar surface area (TPSA) is 46.2 Å². The lowest BCUT2D eigenvalue weighted by Crippen LogP contribution is -2.36. The Hall–Kier alpha value is -0.870. The molecule has 0 saturated heterocycles. The van der Waals surface area contributed by atoms with E-state index >= 15 is 0 Å². The molecule has 0 heterocycles. The number of rotatable bonds is 9. The fourth-order valence-corrected chi connectivity index (χ4v) is 4.13. The number of nitrogens with one attached hydrogen (secondary N) is 1. The summed E-state index contributed by atoms with van der Waals surface area (Å²) in [4.78, 5) is 0. The van der Waals surface area contributed by atoms with Gasteiger partial charge in [-0.15, -0.1) is 0 Å². The van der Waals surface area contributed by atoms with Crippen LogP contribution in [-0.2, 0) is 15.6 Å². The molecule has 1 aromatic carbocycles. The van der Waals surface area contributed by atoms with E-state index in [1.165, 1.54) is 0 Å². The average Bonchev–Trinajstić information content (AvgIpc) is 2.38. The van der Waals surface area contributed by atoms with E-state index < -0.39 is 9.84 Å². The molecule has 4 heteroatoms. The maximum absolute atomic E-state index is 12.4. The van der Waals surface area contributed by atoms with E-state index in [1.807, 2.05) is 31.2 Å². The largest absolute Gasteiger partial charge is 0.313 e. The molecule has 0 aromatic heterocycles. The maximum Gasteiger partial charge on any atom is 0.155 e. The Kier molecular flexibility index (Phi) is 7.24. The van der Waals surface area contributed by atoms with Gasteiger partial charge in [-0.25, -0.2) is 8.42 Å². The van der Waals surface area contributed by atoms with Gasteiger partial charge >= 0.3 is 0 Å². The minimum Gasteiger partial charge on any atom is -0.313 e. The van der Waals surface area contributed by atoms with E-state index in [-0.39, 0.29) is 17.5 Å². The molecule has 3 nitrogen and oxygen atoms in total. The van der Waals surface area contributed by atoms with Crippen molar-refractivity contribution >= 4 is 9.84 Å². The summed E-state index contributed by atoms with van der Waals surface area (Å²) in [6, 6.07) is 7.78. The monoisotopic (exact) mass is 297 g/mol. The predicted octanol–water partition coefficient (Wildman–Crippen LogP) is 3.08. The van der Waals surface area contributed by atoms with Crippen LogP contribution in [0.1, 0.15) is 44.2 Å². The van der Waals surface area contributed by atoms with Gasteiger partial charge in [-0.2, -0.15) is 0 Å². The molecule has 0 saturated carbocycles. The Morgan fingerprint density at radius 2 is 1.85 bits per heavy atom. The van der Waals surface area contributed by atoms with Crippen molar-refractivity contribution in [2.45, 2.75) is 51.8 Å². The number of aryl methyl sites for hydroxylation is 1. The molecule has 0 amide bonds. The van der Waals surface area contributed by atoms with Crippen molar-refractivity contribution in [1.29, 1.82) is 0 Å². The second-order valence-electron chi connectivity index (χ2n) is 5.42. The first-order chi connectivity index (χ1) is 9.48. The minimum absolute atomic E-state index is 0.0777. The molecule has 1 N–H and O–H groups in total. The first kappa shape index (κ1) is 17.2. The Balaban J connectivity index is 2.69. The summed E-state index contributed by atoms with van der Waals surface area (Å²) in [6.07, 6.45) is 2.94. The fraction of sp³-hybridized carbons (Fsp3) is 0.625. The van der Waals surface area contributed by atoms with Gasteiger partial charge in [-0.05, 0) is 37.4 Å². The van der Waals surface area contributed by atoms with Gasteiger partial charge in [0.1, 0.15) is 0 Å². The highest BCUT2D eigenvalue weighted by Crippen LogP contribution is 2.13. The zero-order valence-corrected chi connectivity index (χ0v) is 13.7. The van der Waals surface area contributed by atoms with Crippen molar-refractivity contribution in [2.24, 2.45) is 0 Å². The predicted molar refractivity (Wildman–Crippen MR) is 85.7 cm³/mol. The molecule has 1 rings (SSSR count). The van der Waals surface area contributed by atoms with E-state index in [0.29, 0.717) is 0 Å². The summed E-state index contributed by atoms with van der Waals surface area (Å²) in [5.74, 6) is 0.378. The molecule has 0 aliphatic rings. The molecule has 0 aliphatic carbocycles. The van der Waals surface area contributed by atoms with E-state index in [9.17, 15) is 8.42 Å². The minimum atomic E-state index is -3.07. The van der Waals surface area contributed by atoms with Crippen LogP contribution in [0, 0.1) is 6.92 Å². The molecule has 0 fully saturated rings. The van der Waals surface area contributed by atoms with Crippen LogP contribution in [0.2, 0.25) is 0 Å². The van der Waals surface area contributed by atoms with Crippen LogP contribution < -0.4 is 5.32 Å². The average molecular weight is 297 g/mol. The molecule has 1 atom stereocenters. The van der Waals surface area contributed by atoms with Crippen LogP contribution in [0.25, 0.3) is 0 Å². The SMILES string of the molecule is CCCNC(CCC)CS(=O)(=O)Cc1ccccc1C. The van der Waals surface area contributed by atoms with Crippen LogP contribution in [-0.4, -0.2) is 26.8 Å². The molecule has 1 unspecified atom stereocenters. The Morgan fingerprint density at radius 3 is 2.45 bits per heavy atom. The third-order valence-corrected chi connectivity index (χ3v) is 5.07. The van der Waals surface area contributed by atoms with Crippen LogP contribution in [0.15, 0.2) is 24.3 Å². The summed E-state index contributed by atoms with van der Waals surface area (Å²) < 4.78 is 24.7. The number of hydrogen-bond acceptors (Lipinski definition) is 3. The smallest absolute Gasteiger partial charge is 0.155 e. The third-order valence-electron chi connectivity index (χ3n) is 3.41. The van der Waals surface area contributed by atoms with Crippen molar-refractivity contribution in [3.63, 3.8) is 0 Å². The van der Waals surface area contributed by atoms with Gasteiger partial charge in [0.2, 0.25) is 0 Å². The van der Waals surface area contributed by atoms with E-state index in [1.54, 1.807) is 0 Å². The molecule has 0 spiro atoms. The maximum atomic E-state index is 12.4. The van der Waals surface area contributed by atoms with Crippen LogP contribution in [0.5, 0.6) is 0 Å². The zero-order valence-electron chi connectivity index (χ0n) is 12.9. The van der Waals surface area contributed by atoms with E-state index in [2.05, 4.69) is 19.2 Å². The van der Waals surface area contributed by atoms with Crippen molar-refractivity contribution in [3.8, 4) is 0 Å². The van der Waals surface area contributed by atoms with Gasteiger partial charge in [0.15, 0.2) is 9.84 Å². The summed E-state index contributed by atoms with van der Waals surface area (Å²) >= 11 is 0. The third kappa shape index (κ3) is 6.06. The lowest BCUT2D eigenvalue weighted by molar-refractivity contribution is 0.499. The molecule has 114 valence electrons. The highest BCUT2D eigenvalue weighted by Gasteiger charge is 2.19. The van der Waals surface area contributed by atoms with Crippen molar-refractivity contribution in [1.82, 2.24) is 5.32 Å². The molecule has 0 bridgehead atoms. The Morgan fingerprint density at radius 1 is 1.15 bits per heavy atom. The molecule has 0 aliphatic heterocycles. The van der Waals surface area contributed by atoms with Gasteiger partial charge in [-0.3, -0.25) is 0 Å². The Labute approximate surface area is 123 Å². The lowest BCUT2D eigenvalue weighted by Gasteiger charge is -2.18. The van der Waals surface area contributed by atoms with Crippen molar-refractivity contribution < 1.29 is 8.42 Å². The standard InChI is InChI=1S/C16H27NO2S/c1-4-8-16(17-11-5-2)13-20(18,19)12-15-10-7-6-9-14(15)3/h6-7,9-10,16-17H,4-5,8,11-13H2,1-3H3. The lowest BCUT2D eigenvalue weighted by atomic mass is 10.1. The zero-order chi connectivity index (χ0) is 15.0. The summed E-state index contributed by atoms with van der Waals surface area (Å²) in [7, 11) is -3.07. The Bertz CT molecular complexity index is 497. The van der Waals surface area contributed by atoms with Crippen LogP contribution in [0.3, 0.4) is 0 Å². The van der Waals surface area contributed by atoms with Gasteiger partial charge in [0, 0.05) is 6.04 Å². The second-order valence-corrected chi connectivity index (χ2v) is 7.53. The summed E-state index contributed by atoms with van der Waals surface area (Å²) in [5, 5.41) is 3.35. The van der Waals surface area contributed by atoms with Gasteiger partial charge in [0.25, 0.3) is 0 Å². The van der Waals surface area contributed by atoms with E-state index in [4.69, 9.17) is 0 Å². The molecular formula is C16H27NO2S. The summed E-state index contributed by atoms with van der Waals surface area (Å²) in [6.45, 7) is 7.03. The summed E-state index contributed by atoms with van der Waals surface area (Å²) in [5.41, 5.74) is 1.96.